The lowest BCUT2D eigenvalue weighted by molar-refractivity contribution is -0.175. The van der Waals surface area contributed by atoms with Gasteiger partial charge >= 0.3 is 0 Å². The van der Waals surface area contributed by atoms with Gasteiger partial charge < -0.3 is 88.7 Å². The Kier molecular flexibility index (Phi) is 20.4. The van der Waals surface area contributed by atoms with Crippen molar-refractivity contribution in [2.24, 2.45) is 0 Å². The minimum absolute atomic E-state index is 0.105. The molecule has 12 atom stereocenters. The summed E-state index contributed by atoms with van der Waals surface area (Å²) in [7, 11) is 0. The molecule has 6 amide bonds. The molecular weight excluding hydrogens is 1020 g/mol. The quantitative estimate of drug-likeness (QED) is 0.203. The summed E-state index contributed by atoms with van der Waals surface area (Å²) in [4.78, 5) is 80.6. The van der Waals surface area contributed by atoms with Gasteiger partial charge in [-0.05, 0) is 122 Å². The van der Waals surface area contributed by atoms with Crippen molar-refractivity contribution in [1.82, 2.24) is 31.9 Å². The van der Waals surface area contributed by atoms with E-state index in [1.165, 1.54) is 0 Å². The topological polar surface area (TPSA) is 285 Å². The number of hydrogen-bond acceptors (Lipinski definition) is 18. The second-order valence-corrected chi connectivity index (χ2v) is 24.2. The Balaban J connectivity index is 0.980. The monoisotopic (exact) mass is 1110 g/mol. The summed E-state index contributed by atoms with van der Waals surface area (Å²) in [5, 5.41) is 17.8. The zero-order chi connectivity index (χ0) is 56.8. The van der Waals surface area contributed by atoms with E-state index in [1.807, 2.05) is 0 Å². The second kappa shape index (κ2) is 25.6. The van der Waals surface area contributed by atoms with Crippen LogP contribution in [0.1, 0.15) is 160 Å². The molecule has 0 saturated carbocycles. The summed E-state index contributed by atoms with van der Waals surface area (Å²) < 4.78 is 74.9. The molecule has 24 nitrogen and oxygen atoms in total. The highest BCUT2D eigenvalue weighted by Gasteiger charge is 2.59. The van der Waals surface area contributed by atoms with Gasteiger partial charge in [-0.2, -0.15) is 0 Å². The van der Waals surface area contributed by atoms with E-state index in [0.29, 0.717) is 77.4 Å². The van der Waals surface area contributed by atoms with Gasteiger partial charge in [0.05, 0.1) is 0 Å². The van der Waals surface area contributed by atoms with Gasteiger partial charge in [0, 0.05) is 58.5 Å². The molecule has 0 unspecified atom stereocenters. The fourth-order valence-corrected chi connectivity index (χ4v) is 11.2. The van der Waals surface area contributed by atoms with Crippen LogP contribution < -0.4 is 31.9 Å². The van der Waals surface area contributed by atoms with Gasteiger partial charge in [-0.25, -0.2) is 0 Å². The molecule has 7 aliphatic rings. The summed E-state index contributed by atoms with van der Waals surface area (Å²) in [5.41, 5.74) is 0. The van der Waals surface area contributed by atoms with Gasteiger partial charge in [-0.1, -0.05) is 19.3 Å². The van der Waals surface area contributed by atoms with Crippen molar-refractivity contribution in [3.63, 3.8) is 0 Å². The van der Waals surface area contributed by atoms with Crippen LogP contribution >= 0.6 is 0 Å². The van der Waals surface area contributed by atoms with Crippen LogP contribution in [0.3, 0.4) is 0 Å². The Hall–Kier alpha value is -3.66. The summed E-state index contributed by atoms with van der Waals surface area (Å²) in [6.45, 7) is 22.2. The lowest BCUT2D eigenvalue weighted by atomic mass is 10.0. The van der Waals surface area contributed by atoms with E-state index in [4.69, 9.17) is 56.8 Å². The second-order valence-electron chi connectivity index (χ2n) is 24.2. The highest BCUT2D eigenvalue weighted by Crippen LogP contribution is 2.42. The molecule has 0 aromatic rings. The van der Waals surface area contributed by atoms with Crippen molar-refractivity contribution >= 4 is 35.4 Å². The van der Waals surface area contributed by atoms with E-state index < -0.39 is 108 Å². The number of amides is 6. The molecule has 0 spiro atoms. The molecular formula is C54H90N6O18. The van der Waals surface area contributed by atoms with Crippen LogP contribution in [0.5, 0.6) is 0 Å². The maximum absolute atomic E-state index is 13.7. The van der Waals surface area contributed by atoms with Crippen molar-refractivity contribution in [3.05, 3.63) is 0 Å². The fraction of sp³-hybridized carbons (Fsp3) is 0.889. The average molecular weight is 1110 g/mol. The minimum atomic E-state index is -1.11. The third-order valence-corrected chi connectivity index (χ3v) is 14.4. The molecule has 7 saturated heterocycles. The number of carbonyl (C=O) groups excluding carboxylic acids is 6. The van der Waals surface area contributed by atoms with Crippen molar-refractivity contribution in [2.75, 3.05) is 39.3 Å². The maximum Gasteiger partial charge on any atom is 0.252 e. The molecule has 444 valence electrons. The predicted molar refractivity (Wildman–Crippen MR) is 276 cm³/mol. The van der Waals surface area contributed by atoms with Gasteiger partial charge in [-0.15, -0.1) is 0 Å². The number of ether oxygens (including phenoxy) is 12. The summed E-state index contributed by atoms with van der Waals surface area (Å²) in [6.07, 6.45) is -3.75. The molecule has 0 bridgehead atoms. The van der Waals surface area contributed by atoms with Crippen molar-refractivity contribution in [1.29, 1.82) is 0 Å². The molecule has 6 N–H and O–H groups in total. The molecule has 7 fully saturated rings. The van der Waals surface area contributed by atoms with E-state index in [0.717, 1.165) is 0 Å². The van der Waals surface area contributed by atoms with Gasteiger partial charge in [0.2, 0.25) is 17.7 Å². The first-order valence-corrected chi connectivity index (χ1v) is 28.3. The molecule has 78 heavy (non-hydrogen) atoms. The van der Waals surface area contributed by atoms with Crippen LogP contribution in [-0.2, 0) is 85.6 Å². The molecule has 24 heteroatoms. The number of fused-ring (bicyclic) bond motifs is 9. The summed E-state index contributed by atoms with van der Waals surface area (Å²) >= 11 is 0. The molecule has 0 radical (unpaired) electrons. The fourth-order valence-electron chi connectivity index (χ4n) is 11.2. The maximum atomic E-state index is 13.7. The van der Waals surface area contributed by atoms with Crippen LogP contribution in [0.4, 0.5) is 0 Å². The Morgan fingerprint density at radius 3 is 0.769 bits per heavy atom. The predicted octanol–water partition coefficient (Wildman–Crippen LogP) is 2.50. The number of hydrogen-bond donors (Lipinski definition) is 6. The summed E-state index contributed by atoms with van der Waals surface area (Å²) in [5.74, 6) is -8.15. The Labute approximate surface area is 459 Å². The zero-order valence-corrected chi connectivity index (χ0v) is 48.0. The van der Waals surface area contributed by atoms with Gasteiger partial charge in [0.15, 0.2) is 53.0 Å². The lowest BCUT2D eigenvalue weighted by Gasteiger charge is -2.26. The largest absolute Gasteiger partial charge is 0.354 e. The van der Waals surface area contributed by atoms with Crippen LogP contribution in [0, 0.1) is 0 Å². The normalized spacial score (nSPS) is 37.8. The Morgan fingerprint density at radius 2 is 0.513 bits per heavy atom. The van der Waals surface area contributed by atoms with Gasteiger partial charge in [0.25, 0.3) is 17.7 Å². The Bertz CT molecular complexity index is 1880. The number of carbonyl (C=O) groups is 6. The van der Waals surface area contributed by atoms with Crippen LogP contribution in [0.15, 0.2) is 0 Å². The standard InChI is InChI=1S/C54H90N6O18/c1-49(2)67-31-28-58-34(61)22-16-13-20-26-56-47(65)44-41(74-53(9,10)77-44)38-33(69-51(5,6)71-38)30-60-36(63)24-18-15-21-27-57-48(66)45-42(75-54(11,12)78-45)39-32(68-50(3,4)72-39)29-59-35(62)23-17-14-19-25-55-46(64)43-40(37(31)70-49)73-52(7,8)76-43/h31-33,37-45H,13-30H2,1-12H3,(H,55,64)(H,56,65)(H,57,66)(H,58,61)(H,59,62)(H,60,63)/t31-,32-,33-,37-,38-,39-,40+,41+,42+,43+,44+,45+/m1/s1. The van der Waals surface area contributed by atoms with Crippen LogP contribution in [0.25, 0.3) is 0 Å². The number of nitrogens with one attached hydrogen (secondary N) is 6. The first-order chi connectivity index (χ1) is 36.5. The van der Waals surface area contributed by atoms with Gasteiger partial charge in [0.1, 0.15) is 54.9 Å². The third-order valence-electron chi connectivity index (χ3n) is 14.4. The highest BCUT2D eigenvalue weighted by molar-refractivity contribution is 5.83. The number of rotatable bonds is 0. The first kappa shape index (κ1) is 61.9. The molecule has 7 aliphatic heterocycles. The van der Waals surface area contributed by atoms with Gasteiger partial charge in [-0.3, -0.25) is 28.8 Å². The molecule has 0 aliphatic carbocycles. The zero-order valence-electron chi connectivity index (χ0n) is 48.0. The van der Waals surface area contributed by atoms with Crippen molar-refractivity contribution in [3.8, 4) is 0 Å². The third kappa shape index (κ3) is 17.2. The molecule has 7 heterocycles. The van der Waals surface area contributed by atoms with E-state index >= 15 is 0 Å². The first-order valence-electron chi connectivity index (χ1n) is 28.3. The average Bonchev–Trinajstić information content (AvgIpc) is 4.31. The lowest BCUT2D eigenvalue weighted by Crippen LogP contribution is -2.51. The molecule has 7 rings (SSSR count). The van der Waals surface area contributed by atoms with Crippen molar-refractivity contribution < 1.29 is 85.6 Å². The van der Waals surface area contributed by atoms with Crippen LogP contribution in [-0.4, -0.2) is 183 Å². The molecule has 0 aromatic heterocycles. The smallest absolute Gasteiger partial charge is 0.252 e. The van der Waals surface area contributed by atoms with Crippen LogP contribution in [0.2, 0.25) is 0 Å². The Morgan fingerprint density at radius 1 is 0.282 bits per heavy atom. The SMILES string of the molecule is CC1(C)O[C@H]2[C@@H]3OC(C)(C)O[C@@H]3CNC(=O)CCCCCNC(=O)[C@H]3OC(C)(C)O[C@H]3[C@@H]3OC(C)(C)O[C@@H]3CNC(=O)CCCCCNC(=O)[C@H]3OC(C)(C)O[C@H]3[C@@H]3OC(C)(C)O[C@@H]3CNC(=O)CCCCCNC(=O)[C@H]2O1. The molecule has 0 aromatic carbocycles. The van der Waals surface area contributed by atoms with Crippen molar-refractivity contribution in [2.45, 2.75) is 268 Å². The van der Waals surface area contributed by atoms with E-state index in [2.05, 4.69) is 31.9 Å². The highest BCUT2D eigenvalue weighted by atomic mass is 16.8. The van der Waals surface area contributed by atoms with E-state index in [1.54, 1.807) is 83.1 Å². The minimum Gasteiger partial charge on any atom is -0.354 e. The summed E-state index contributed by atoms with van der Waals surface area (Å²) in [6, 6.07) is 0. The van der Waals surface area contributed by atoms with E-state index in [9.17, 15) is 28.8 Å². The van der Waals surface area contributed by atoms with E-state index in [-0.39, 0.29) is 74.3 Å².